The summed E-state index contributed by atoms with van der Waals surface area (Å²) in [6, 6.07) is 8.24. The molecule has 0 bridgehead atoms. The van der Waals surface area contributed by atoms with E-state index in [9.17, 15) is 0 Å². The zero-order valence-electron chi connectivity index (χ0n) is 12.3. The van der Waals surface area contributed by atoms with Crippen LogP contribution >= 0.6 is 15.9 Å². The number of nitrogens with two attached hydrogens (primary N) is 1. The molecule has 1 aromatic heterocycles. The monoisotopic (exact) mass is 335 g/mol. The van der Waals surface area contributed by atoms with Crippen LogP contribution in [0.15, 0.2) is 28.7 Å². The van der Waals surface area contributed by atoms with Crippen molar-refractivity contribution >= 4 is 15.9 Å². The van der Waals surface area contributed by atoms with Crippen molar-refractivity contribution in [2.45, 2.75) is 33.1 Å². The van der Waals surface area contributed by atoms with Gasteiger partial charge in [-0.05, 0) is 31.4 Å². The van der Waals surface area contributed by atoms with Gasteiger partial charge in [-0.1, -0.05) is 41.9 Å². The topological polar surface area (TPSA) is 54.7 Å². The first-order chi connectivity index (χ1) is 9.51. The molecule has 0 aliphatic rings. The summed E-state index contributed by atoms with van der Waals surface area (Å²) in [6.45, 7) is 7.13. The summed E-state index contributed by atoms with van der Waals surface area (Å²) < 4.78 is 1.08. The largest absolute Gasteiger partial charge is 0.345 e. The van der Waals surface area contributed by atoms with Gasteiger partial charge in [-0.3, -0.25) is 0 Å². The number of rotatable bonds is 5. The molecule has 2 aromatic rings. The summed E-state index contributed by atoms with van der Waals surface area (Å²) in [6.07, 6.45) is 1.06. The number of H-pyrrole nitrogens is 1. The van der Waals surface area contributed by atoms with E-state index >= 15 is 0 Å². The molecule has 0 saturated carbocycles. The lowest BCUT2D eigenvalue weighted by Crippen LogP contribution is -2.16. The van der Waals surface area contributed by atoms with Gasteiger partial charge in [0.2, 0.25) is 0 Å². The molecule has 0 aliphatic heterocycles. The zero-order valence-corrected chi connectivity index (χ0v) is 13.9. The lowest BCUT2D eigenvalue weighted by molar-refractivity contribution is 0.490. The van der Waals surface area contributed by atoms with E-state index in [1.807, 2.05) is 12.1 Å². The molecule has 108 valence electrons. The van der Waals surface area contributed by atoms with Crippen LogP contribution in [0.4, 0.5) is 0 Å². The predicted octanol–water partition coefficient (Wildman–Crippen LogP) is 4.24. The number of aromatic amines is 1. The Hall–Kier alpha value is -1.13. The first-order valence-corrected chi connectivity index (χ1v) is 7.83. The lowest BCUT2D eigenvalue weighted by Gasteiger charge is -2.14. The Morgan fingerprint density at radius 3 is 2.45 bits per heavy atom. The Morgan fingerprint density at radius 2 is 1.90 bits per heavy atom. The molecule has 3 N–H and O–H groups in total. The summed E-state index contributed by atoms with van der Waals surface area (Å²) >= 11 is 3.46. The van der Waals surface area contributed by atoms with E-state index in [-0.39, 0.29) is 0 Å². The number of benzene rings is 1. The Morgan fingerprint density at radius 1 is 1.25 bits per heavy atom. The summed E-state index contributed by atoms with van der Waals surface area (Å²) in [5, 5.41) is 0. The normalized spacial score (nSPS) is 12.9. The van der Waals surface area contributed by atoms with E-state index in [1.54, 1.807) is 0 Å². The van der Waals surface area contributed by atoms with Gasteiger partial charge in [0.1, 0.15) is 5.82 Å². The van der Waals surface area contributed by atoms with Crippen LogP contribution in [-0.4, -0.2) is 16.5 Å². The smallest absolute Gasteiger partial charge is 0.111 e. The van der Waals surface area contributed by atoms with Crippen LogP contribution in [0.2, 0.25) is 0 Å². The highest BCUT2D eigenvalue weighted by atomic mass is 79.9. The number of nitrogens with zero attached hydrogens (tertiary/aromatic N) is 1. The van der Waals surface area contributed by atoms with E-state index in [1.165, 1.54) is 0 Å². The van der Waals surface area contributed by atoms with Crippen molar-refractivity contribution < 1.29 is 0 Å². The average molecular weight is 336 g/mol. The Labute approximate surface area is 129 Å². The second-order valence-electron chi connectivity index (χ2n) is 5.66. The van der Waals surface area contributed by atoms with Gasteiger partial charge in [0.25, 0.3) is 0 Å². The molecule has 0 radical (unpaired) electrons. The van der Waals surface area contributed by atoms with Gasteiger partial charge in [0.15, 0.2) is 0 Å². The van der Waals surface area contributed by atoms with Crippen molar-refractivity contribution in [1.29, 1.82) is 0 Å². The van der Waals surface area contributed by atoms with Gasteiger partial charge < -0.3 is 10.7 Å². The van der Waals surface area contributed by atoms with Crippen LogP contribution in [-0.2, 0) is 0 Å². The lowest BCUT2D eigenvalue weighted by atomic mass is 9.97. The molecule has 1 atom stereocenters. The summed E-state index contributed by atoms with van der Waals surface area (Å²) in [4.78, 5) is 8.19. The number of hydrogen-bond donors (Lipinski definition) is 2. The molecule has 20 heavy (non-hydrogen) atoms. The van der Waals surface area contributed by atoms with Gasteiger partial charge in [-0.2, -0.15) is 0 Å². The molecule has 1 aromatic carbocycles. The Bertz CT molecular complexity index is 558. The quantitative estimate of drug-likeness (QED) is 0.858. The maximum Gasteiger partial charge on any atom is 0.111 e. The summed E-state index contributed by atoms with van der Waals surface area (Å²) in [5.41, 5.74) is 9.16. The second-order valence-corrected chi connectivity index (χ2v) is 6.58. The minimum absolute atomic E-state index is 0.304. The number of halogens is 1. The minimum atomic E-state index is 0.304. The SMILES string of the molecule is Cc1[nH]c(C(CN)CC(C)C)nc1-c1ccc(Br)cc1. The third-order valence-electron chi connectivity index (χ3n) is 3.45. The van der Waals surface area contributed by atoms with Gasteiger partial charge >= 0.3 is 0 Å². The van der Waals surface area contributed by atoms with Gasteiger partial charge in [-0.25, -0.2) is 4.98 Å². The molecule has 1 unspecified atom stereocenters. The van der Waals surface area contributed by atoms with E-state index in [4.69, 9.17) is 10.7 Å². The van der Waals surface area contributed by atoms with Crippen LogP contribution < -0.4 is 5.73 Å². The van der Waals surface area contributed by atoms with Crippen LogP contribution in [0.5, 0.6) is 0 Å². The number of nitrogens with one attached hydrogen (secondary N) is 1. The first-order valence-electron chi connectivity index (χ1n) is 7.03. The number of aryl methyl sites for hydroxylation is 1. The summed E-state index contributed by atoms with van der Waals surface area (Å²) in [7, 11) is 0. The fraction of sp³-hybridized carbons (Fsp3) is 0.438. The standard InChI is InChI=1S/C16H22BrN3/c1-10(2)8-13(9-18)16-19-11(3)15(20-16)12-4-6-14(17)7-5-12/h4-7,10,13H,8-9,18H2,1-3H3,(H,19,20). The van der Waals surface area contributed by atoms with E-state index in [0.717, 1.165) is 33.7 Å². The molecule has 3 nitrogen and oxygen atoms in total. The molecule has 4 heteroatoms. The molecule has 1 heterocycles. The van der Waals surface area contributed by atoms with Crippen LogP contribution in [0.25, 0.3) is 11.3 Å². The van der Waals surface area contributed by atoms with Crippen molar-refractivity contribution in [3.05, 3.63) is 40.3 Å². The number of aromatic nitrogens is 2. The maximum absolute atomic E-state index is 5.90. The molecular formula is C16H22BrN3. The Balaban J connectivity index is 2.31. The molecule has 0 spiro atoms. The maximum atomic E-state index is 5.90. The average Bonchev–Trinajstić information content (AvgIpc) is 2.78. The highest BCUT2D eigenvalue weighted by Crippen LogP contribution is 2.27. The van der Waals surface area contributed by atoms with Gasteiger partial charge in [0, 0.05) is 28.2 Å². The van der Waals surface area contributed by atoms with Crippen molar-refractivity contribution in [2.75, 3.05) is 6.54 Å². The molecule has 0 fully saturated rings. The first kappa shape index (κ1) is 15.3. The molecular weight excluding hydrogens is 314 g/mol. The van der Waals surface area contributed by atoms with Gasteiger partial charge in [0.05, 0.1) is 5.69 Å². The fourth-order valence-electron chi connectivity index (χ4n) is 2.45. The van der Waals surface area contributed by atoms with E-state index in [0.29, 0.717) is 18.4 Å². The van der Waals surface area contributed by atoms with Crippen LogP contribution in [0.1, 0.15) is 37.7 Å². The predicted molar refractivity (Wildman–Crippen MR) is 87.7 cm³/mol. The summed E-state index contributed by atoms with van der Waals surface area (Å²) in [5.74, 6) is 1.93. The molecule has 0 aliphatic carbocycles. The fourth-order valence-corrected chi connectivity index (χ4v) is 2.72. The molecule has 2 rings (SSSR count). The van der Waals surface area contributed by atoms with E-state index < -0.39 is 0 Å². The second kappa shape index (κ2) is 6.55. The van der Waals surface area contributed by atoms with Crippen LogP contribution in [0.3, 0.4) is 0 Å². The van der Waals surface area contributed by atoms with Crippen molar-refractivity contribution in [3.8, 4) is 11.3 Å². The molecule has 0 saturated heterocycles. The van der Waals surface area contributed by atoms with Gasteiger partial charge in [-0.15, -0.1) is 0 Å². The third kappa shape index (κ3) is 3.49. The zero-order chi connectivity index (χ0) is 14.7. The molecule has 0 amide bonds. The van der Waals surface area contributed by atoms with Crippen molar-refractivity contribution in [2.24, 2.45) is 11.7 Å². The minimum Gasteiger partial charge on any atom is -0.345 e. The highest BCUT2D eigenvalue weighted by molar-refractivity contribution is 9.10. The number of hydrogen-bond acceptors (Lipinski definition) is 2. The highest BCUT2D eigenvalue weighted by Gasteiger charge is 2.17. The number of imidazole rings is 1. The third-order valence-corrected chi connectivity index (χ3v) is 3.98. The van der Waals surface area contributed by atoms with Crippen molar-refractivity contribution in [1.82, 2.24) is 9.97 Å². The Kier molecular flexibility index (Phi) is 5.00. The van der Waals surface area contributed by atoms with Crippen LogP contribution in [0, 0.1) is 12.8 Å². The van der Waals surface area contributed by atoms with E-state index in [2.05, 4.69) is 53.8 Å². The van der Waals surface area contributed by atoms with Crippen molar-refractivity contribution in [3.63, 3.8) is 0 Å².